The minimum Gasteiger partial charge on any atom is -0.449 e. The lowest BCUT2D eigenvalue weighted by Gasteiger charge is -2.11. The summed E-state index contributed by atoms with van der Waals surface area (Å²) in [4.78, 5) is 11.0. The van der Waals surface area contributed by atoms with Crippen LogP contribution in [0.25, 0.3) is 0 Å². The third kappa shape index (κ3) is 4.77. The summed E-state index contributed by atoms with van der Waals surface area (Å²) in [7, 11) is 0. The third-order valence-corrected chi connectivity index (χ3v) is 2.59. The quantitative estimate of drug-likeness (QED) is 0.576. The molecule has 1 aromatic carbocycles. The highest BCUT2D eigenvalue weighted by molar-refractivity contribution is 7.80. The molecule has 98 valence electrons. The van der Waals surface area contributed by atoms with Gasteiger partial charge in [0.15, 0.2) is 5.11 Å². The predicted molar refractivity (Wildman–Crippen MR) is 75.7 cm³/mol. The summed E-state index contributed by atoms with van der Waals surface area (Å²) in [6.45, 7) is 3.91. The summed E-state index contributed by atoms with van der Waals surface area (Å²) in [6.07, 6.45) is -0.594. The molecule has 0 fully saturated rings. The van der Waals surface area contributed by atoms with Crippen molar-refractivity contribution in [3.8, 4) is 0 Å². The van der Waals surface area contributed by atoms with Crippen molar-refractivity contribution in [2.24, 2.45) is 0 Å². The van der Waals surface area contributed by atoms with E-state index in [1.165, 1.54) is 0 Å². The molecule has 0 aliphatic rings. The Morgan fingerprint density at radius 3 is 2.78 bits per heavy atom. The minimum absolute atomic E-state index is 0.239. The summed E-state index contributed by atoms with van der Waals surface area (Å²) in [6, 6.07) is 5.45. The molecule has 1 aromatic rings. The van der Waals surface area contributed by atoms with Gasteiger partial charge in [-0.15, -0.1) is 0 Å². The zero-order chi connectivity index (χ0) is 13.5. The lowest BCUT2D eigenvalue weighted by molar-refractivity contribution is 0.150. The zero-order valence-electron chi connectivity index (χ0n) is 10.0. The van der Waals surface area contributed by atoms with E-state index < -0.39 is 6.09 Å². The Morgan fingerprint density at radius 1 is 1.44 bits per heavy atom. The molecule has 0 unspecified atom stereocenters. The lowest BCUT2D eigenvalue weighted by Crippen LogP contribution is -2.44. The molecule has 0 spiro atoms. The SMILES string of the molecule is CCOC(=O)NNC(=S)Nc1ccc(C)c(Cl)c1. The normalized spacial score (nSPS) is 9.50. The molecule has 0 heterocycles. The van der Waals surface area contributed by atoms with Crippen molar-refractivity contribution in [2.75, 3.05) is 11.9 Å². The van der Waals surface area contributed by atoms with E-state index >= 15 is 0 Å². The van der Waals surface area contributed by atoms with E-state index in [1.54, 1.807) is 13.0 Å². The number of amides is 1. The number of carbonyl (C=O) groups excluding carboxylic acids is 1. The molecule has 0 atom stereocenters. The second-order valence-corrected chi connectivity index (χ2v) is 4.20. The number of hydrogen-bond acceptors (Lipinski definition) is 3. The Kier molecular flexibility index (Phi) is 5.67. The van der Waals surface area contributed by atoms with E-state index in [0.717, 1.165) is 11.3 Å². The van der Waals surface area contributed by atoms with E-state index in [1.807, 2.05) is 19.1 Å². The van der Waals surface area contributed by atoms with Crippen LogP contribution in [0.4, 0.5) is 10.5 Å². The highest BCUT2D eigenvalue weighted by Crippen LogP contribution is 2.19. The van der Waals surface area contributed by atoms with E-state index in [2.05, 4.69) is 20.9 Å². The van der Waals surface area contributed by atoms with Gasteiger partial charge < -0.3 is 10.1 Å². The smallest absolute Gasteiger partial charge is 0.425 e. The van der Waals surface area contributed by atoms with Crippen molar-refractivity contribution < 1.29 is 9.53 Å². The van der Waals surface area contributed by atoms with Crippen molar-refractivity contribution in [3.05, 3.63) is 28.8 Å². The van der Waals surface area contributed by atoms with Gasteiger partial charge in [0, 0.05) is 10.7 Å². The number of aryl methyl sites for hydroxylation is 1. The van der Waals surface area contributed by atoms with Crippen molar-refractivity contribution in [2.45, 2.75) is 13.8 Å². The van der Waals surface area contributed by atoms with Crippen LogP contribution in [0, 0.1) is 6.92 Å². The molecule has 0 aromatic heterocycles. The van der Waals surface area contributed by atoms with Crippen LogP contribution in [0.3, 0.4) is 0 Å². The molecule has 5 nitrogen and oxygen atoms in total. The van der Waals surface area contributed by atoms with Crippen LogP contribution >= 0.6 is 23.8 Å². The standard InChI is InChI=1S/C11H14ClN3O2S/c1-3-17-11(16)15-14-10(18)13-8-5-4-7(2)9(12)6-8/h4-6H,3H2,1-2H3,(H,15,16)(H2,13,14,18). The number of rotatable bonds is 2. The molecule has 1 rings (SSSR count). The topological polar surface area (TPSA) is 62.4 Å². The number of carbonyl (C=O) groups is 1. The van der Waals surface area contributed by atoms with E-state index in [-0.39, 0.29) is 5.11 Å². The Balaban J connectivity index is 2.44. The number of halogens is 1. The first kappa shape index (κ1) is 14.5. The van der Waals surface area contributed by atoms with Gasteiger partial charge in [0.2, 0.25) is 0 Å². The number of anilines is 1. The summed E-state index contributed by atoms with van der Waals surface area (Å²) in [5.41, 5.74) is 6.49. The van der Waals surface area contributed by atoms with Gasteiger partial charge in [-0.3, -0.25) is 5.43 Å². The number of benzene rings is 1. The van der Waals surface area contributed by atoms with Crippen molar-refractivity contribution in [3.63, 3.8) is 0 Å². The maximum atomic E-state index is 11.0. The molecule has 18 heavy (non-hydrogen) atoms. The Hall–Kier alpha value is -1.53. The van der Waals surface area contributed by atoms with Gasteiger partial charge in [-0.05, 0) is 43.8 Å². The van der Waals surface area contributed by atoms with Crippen molar-refractivity contribution in [1.29, 1.82) is 0 Å². The third-order valence-electron chi connectivity index (χ3n) is 1.98. The molecule has 1 amide bonds. The fourth-order valence-electron chi connectivity index (χ4n) is 1.11. The lowest BCUT2D eigenvalue weighted by atomic mass is 10.2. The first-order valence-corrected chi connectivity index (χ1v) is 6.07. The molecule has 0 bridgehead atoms. The van der Waals surface area contributed by atoms with Gasteiger partial charge in [-0.25, -0.2) is 10.2 Å². The summed E-state index contributed by atoms with van der Waals surface area (Å²) < 4.78 is 4.66. The first-order valence-electron chi connectivity index (χ1n) is 5.29. The monoisotopic (exact) mass is 287 g/mol. The fourth-order valence-corrected chi connectivity index (χ4v) is 1.46. The van der Waals surface area contributed by atoms with Crippen LogP contribution in [0.1, 0.15) is 12.5 Å². The van der Waals surface area contributed by atoms with Gasteiger partial charge in [0.1, 0.15) is 0 Å². The Bertz CT molecular complexity index is 454. The molecule has 0 aliphatic carbocycles. The zero-order valence-corrected chi connectivity index (χ0v) is 11.6. The van der Waals surface area contributed by atoms with Gasteiger partial charge in [0.05, 0.1) is 6.61 Å². The van der Waals surface area contributed by atoms with Crippen molar-refractivity contribution >= 4 is 40.7 Å². The van der Waals surface area contributed by atoms with Gasteiger partial charge in [-0.2, -0.15) is 0 Å². The minimum atomic E-state index is -0.594. The maximum absolute atomic E-state index is 11.0. The first-order chi connectivity index (χ1) is 8.52. The number of nitrogens with one attached hydrogen (secondary N) is 3. The Labute approximate surface area is 116 Å². The number of hydrogen-bond donors (Lipinski definition) is 3. The Morgan fingerprint density at radius 2 is 2.17 bits per heavy atom. The molecular formula is C11H14ClN3O2S. The van der Waals surface area contributed by atoms with Crippen LogP contribution in [-0.4, -0.2) is 17.8 Å². The number of ether oxygens (including phenoxy) is 1. The molecule has 0 saturated heterocycles. The second kappa shape index (κ2) is 7.03. The van der Waals surface area contributed by atoms with E-state index in [0.29, 0.717) is 11.6 Å². The summed E-state index contributed by atoms with van der Waals surface area (Å²) >= 11 is 11.0. The van der Waals surface area contributed by atoms with Crippen molar-refractivity contribution in [1.82, 2.24) is 10.9 Å². The predicted octanol–water partition coefficient (Wildman–Crippen LogP) is 2.60. The average molecular weight is 288 g/mol. The maximum Gasteiger partial charge on any atom is 0.425 e. The summed E-state index contributed by atoms with van der Waals surface area (Å²) in [5, 5.41) is 3.75. The van der Waals surface area contributed by atoms with Crippen LogP contribution in [-0.2, 0) is 4.74 Å². The van der Waals surface area contributed by atoms with Gasteiger partial charge in [-0.1, -0.05) is 17.7 Å². The van der Waals surface area contributed by atoms with E-state index in [4.69, 9.17) is 23.8 Å². The average Bonchev–Trinajstić information content (AvgIpc) is 2.32. The largest absolute Gasteiger partial charge is 0.449 e. The van der Waals surface area contributed by atoms with Crippen LogP contribution in [0.5, 0.6) is 0 Å². The van der Waals surface area contributed by atoms with Gasteiger partial charge in [0.25, 0.3) is 0 Å². The molecule has 7 heteroatoms. The number of hydrazine groups is 1. The molecule has 0 saturated carbocycles. The van der Waals surface area contributed by atoms with E-state index in [9.17, 15) is 4.79 Å². The molecule has 0 aliphatic heterocycles. The molecule has 0 radical (unpaired) electrons. The highest BCUT2D eigenvalue weighted by Gasteiger charge is 2.02. The van der Waals surface area contributed by atoms with Gasteiger partial charge >= 0.3 is 6.09 Å². The van der Waals surface area contributed by atoms with Crippen LogP contribution in [0.15, 0.2) is 18.2 Å². The van der Waals surface area contributed by atoms with Crippen LogP contribution in [0.2, 0.25) is 5.02 Å². The fraction of sp³-hybridized carbons (Fsp3) is 0.273. The van der Waals surface area contributed by atoms with Crippen LogP contribution < -0.4 is 16.2 Å². The second-order valence-electron chi connectivity index (χ2n) is 3.39. The summed E-state index contributed by atoms with van der Waals surface area (Å²) in [5.74, 6) is 0. The molecular weight excluding hydrogens is 274 g/mol. The highest BCUT2D eigenvalue weighted by atomic mass is 35.5. The number of thiocarbonyl (C=S) groups is 1. The molecule has 3 N–H and O–H groups in total.